The van der Waals surface area contributed by atoms with Crippen LogP contribution in [0.5, 0.6) is 5.75 Å². The van der Waals surface area contributed by atoms with Crippen LogP contribution in [0.25, 0.3) is 44.3 Å². The zero-order valence-corrected chi connectivity index (χ0v) is 20.4. The second kappa shape index (κ2) is 8.82. The number of hydrogen-bond acceptors (Lipinski definition) is 5. The van der Waals surface area contributed by atoms with E-state index in [1.54, 1.807) is 7.11 Å². The number of piperidine rings is 1. The van der Waals surface area contributed by atoms with Crippen molar-refractivity contribution in [3.63, 3.8) is 0 Å². The monoisotopic (exact) mass is 466 g/mol. The van der Waals surface area contributed by atoms with Crippen LogP contribution < -0.4 is 4.74 Å². The van der Waals surface area contributed by atoms with E-state index in [1.165, 1.54) is 19.3 Å². The third-order valence-electron chi connectivity index (χ3n) is 7.38. The number of benzene rings is 3. The number of likely N-dealkylation sites (tertiary alicyclic amines) is 1. The molecule has 0 aliphatic carbocycles. The minimum atomic E-state index is 0.570. The first-order chi connectivity index (χ1) is 17.1. The van der Waals surface area contributed by atoms with Crippen LogP contribution >= 0.6 is 0 Å². The second-order valence-corrected chi connectivity index (χ2v) is 9.67. The molecule has 6 rings (SSSR count). The van der Waals surface area contributed by atoms with Crippen LogP contribution in [0.3, 0.4) is 0 Å². The van der Waals surface area contributed by atoms with Crippen LogP contribution in [0.15, 0.2) is 54.6 Å². The Kier molecular flexibility index (Phi) is 5.49. The van der Waals surface area contributed by atoms with Crippen LogP contribution in [0, 0.1) is 0 Å². The van der Waals surface area contributed by atoms with Gasteiger partial charge in [0.2, 0.25) is 0 Å². The number of ether oxygens (including phenoxy) is 1. The van der Waals surface area contributed by atoms with Crippen molar-refractivity contribution >= 4 is 21.7 Å². The van der Waals surface area contributed by atoms with E-state index in [1.807, 2.05) is 12.1 Å². The average Bonchev–Trinajstić information content (AvgIpc) is 3.52. The number of H-pyrrole nitrogens is 2. The number of nitrogens with one attached hydrogen (secondary N) is 2. The van der Waals surface area contributed by atoms with Crippen molar-refractivity contribution < 1.29 is 4.74 Å². The molecule has 0 spiro atoms. The summed E-state index contributed by atoms with van der Waals surface area (Å²) in [6.45, 7) is 5.42. The normalized spacial score (nSPS) is 18.9. The molecule has 2 unspecified atom stereocenters. The van der Waals surface area contributed by atoms with Gasteiger partial charge in [-0.05, 0) is 73.9 Å². The van der Waals surface area contributed by atoms with Gasteiger partial charge < -0.3 is 4.74 Å². The number of fused-ring (bicyclic) bond motifs is 2. The number of nitrogens with zero attached hydrogens (tertiary/aromatic N) is 4. The van der Waals surface area contributed by atoms with Crippen LogP contribution in [0.2, 0.25) is 0 Å². The predicted molar refractivity (Wildman–Crippen MR) is 139 cm³/mol. The lowest BCUT2D eigenvalue weighted by atomic mass is 9.97. The molecule has 0 radical (unpaired) electrons. The quantitative estimate of drug-likeness (QED) is 0.335. The van der Waals surface area contributed by atoms with Gasteiger partial charge in [0, 0.05) is 28.6 Å². The Bertz CT molecular complexity index is 1490. The van der Waals surface area contributed by atoms with Gasteiger partial charge in [-0.1, -0.05) is 24.6 Å². The topological polar surface area (TPSA) is 82.7 Å². The lowest BCUT2D eigenvalue weighted by Gasteiger charge is -2.38. The molecular formula is C28H30N6O. The lowest BCUT2D eigenvalue weighted by molar-refractivity contribution is 0.0924. The van der Waals surface area contributed by atoms with Crippen molar-refractivity contribution in [1.82, 2.24) is 30.3 Å². The van der Waals surface area contributed by atoms with Crippen LogP contribution in [-0.4, -0.2) is 49.5 Å². The van der Waals surface area contributed by atoms with E-state index in [0.29, 0.717) is 12.1 Å². The van der Waals surface area contributed by atoms with E-state index >= 15 is 0 Å². The maximum Gasteiger partial charge on any atom is 0.181 e. The SMILES string of the molecule is COc1ccc2cc(-c3n[nH]c4ccc(-c5n[nH]c(CN6C(C)CCCC6C)n5)cc34)ccc2c1. The summed E-state index contributed by atoms with van der Waals surface area (Å²) in [5.41, 5.74) is 3.96. The average molecular weight is 467 g/mol. The molecule has 1 aliphatic heterocycles. The van der Waals surface area contributed by atoms with Crippen LogP contribution in [0.4, 0.5) is 0 Å². The van der Waals surface area contributed by atoms with Crippen molar-refractivity contribution in [3.05, 3.63) is 60.4 Å². The maximum atomic E-state index is 5.36. The van der Waals surface area contributed by atoms with E-state index in [2.05, 4.69) is 81.6 Å². The van der Waals surface area contributed by atoms with E-state index < -0.39 is 0 Å². The lowest BCUT2D eigenvalue weighted by Crippen LogP contribution is -2.43. The van der Waals surface area contributed by atoms with E-state index in [4.69, 9.17) is 9.72 Å². The van der Waals surface area contributed by atoms with Gasteiger partial charge in [0.1, 0.15) is 11.6 Å². The van der Waals surface area contributed by atoms with Gasteiger partial charge in [0.25, 0.3) is 0 Å². The highest BCUT2D eigenvalue weighted by molar-refractivity contribution is 5.97. The van der Waals surface area contributed by atoms with Crippen molar-refractivity contribution in [1.29, 1.82) is 0 Å². The van der Waals surface area contributed by atoms with Gasteiger partial charge in [-0.3, -0.25) is 15.1 Å². The predicted octanol–water partition coefficient (Wildman–Crippen LogP) is 5.94. The van der Waals surface area contributed by atoms with Gasteiger partial charge in [-0.2, -0.15) is 10.2 Å². The molecule has 1 saturated heterocycles. The molecule has 35 heavy (non-hydrogen) atoms. The minimum absolute atomic E-state index is 0.570. The molecule has 7 heteroatoms. The Morgan fingerprint density at radius 2 is 1.66 bits per heavy atom. The van der Waals surface area contributed by atoms with Gasteiger partial charge in [-0.25, -0.2) is 4.98 Å². The van der Waals surface area contributed by atoms with Crippen LogP contribution in [0.1, 0.15) is 38.9 Å². The van der Waals surface area contributed by atoms with Crippen molar-refractivity contribution in [3.8, 4) is 28.4 Å². The molecule has 7 nitrogen and oxygen atoms in total. The van der Waals surface area contributed by atoms with Crippen LogP contribution in [-0.2, 0) is 6.54 Å². The molecule has 0 amide bonds. The molecule has 3 aromatic carbocycles. The number of hydrogen-bond donors (Lipinski definition) is 2. The zero-order chi connectivity index (χ0) is 23.9. The second-order valence-electron chi connectivity index (χ2n) is 9.67. The molecule has 0 saturated carbocycles. The summed E-state index contributed by atoms with van der Waals surface area (Å²) < 4.78 is 5.36. The third-order valence-corrected chi connectivity index (χ3v) is 7.38. The van der Waals surface area contributed by atoms with E-state index in [0.717, 1.165) is 62.4 Å². The Hall–Kier alpha value is -3.71. The van der Waals surface area contributed by atoms with Gasteiger partial charge in [0.05, 0.1) is 24.9 Å². The first-order valence-corrected chi connectivity index (χ1v) is 12.3. The minimum Gasteiger partial charge on any atom is -0.497 e. The molecule has 2 atom stereocenters. The summed E-state index contributed by atoms with van der Waals surface area (Å²) in [5.74, 6) is 2.49. The number of aromatic amines is 2. The maximum absolute atomic E-state index is 5.36. The van der Waals surface area contributed by atoms with Crippen molar-refractivity contribution in [2.24, 2.45) is 0 Å². The Labute approximate surface area is 204 Å². The molecule has 3 heterocycles. The Morgan fingerprint density at radius 1 is 0.886 bits per heavy atom. The molecule has 1 aliphatic rings. The molecule has 2 N–H and O–H groups in total. The molecular weight excluding hydrogens is 436 g/mol. The highest BCUT2D eigenvalue weighted by Gasteiger charge is 2.25. The number of methoxy groups -OCH3 is 1. The summed E-state index contributed by atoms with van der Waals surface area (Å²) in [6, 6.07) is 19.9. The first kappa shape index (κ1) is 21.8. The van der Waals surface area contributed by atoms with E-state index in [-0.39, 0.29) is 0 Å². The Morgan fingerprint density at radius 3 is 2.49 bits per heavy atom. The zero-order valence-electron chi connectivity index (χ0n) is 20.4. The molecule has 1 fully saturated rings. The summed E-state index contributed by atoms with van der Waals surface area (Å²) in [6.07, 6.45) is 3.79. The van der Waals surface area contributed by atoms with Crippen molar-refractivity contribution in [2.45, 2.75) is 51.7 Å². The molecule has 5 aromatic rings. The van der Waals surface area contributed by atoms with Crippen molar-refractivity contribution in [2.75, 3.05) is 7.11 Å². The highest BCUT2D eigenvalue weighted by Crippen LogP contribution is 2.32. The fourth-order valence-corrected chi connectivity index (χ4v) is 5.33. The summed E-state index contributed by atoms with van der Waals surface area (Å²) in [7, 11) is 1.69. The highest BCUT2D eigenvalue weighted by atomic mass is 16.5. The molecule has 178 valence electrons. The Balaban J connectivity index is 1.31. The fraction of sp³-hybridized carbons (Fsp3) is 0.321. The van der Waals surface area contributed by atoms with Gasteiger partial charge in [-0.15, -0.1) is 0 Å². The standard InChI is InChI=1S/C28H30N6O/c1-17-5-4-6-18(2)34(17)16-26-29-28(33-31-26)22-10-12-25-24(15-22)27(32-30-25)21-8-7-20-14-23(35-3)11-9-19(20)13-21/h7-15,17-18H,4-6,16H2,1-3H3,(H,30,32)(H,29,31,33). The summed E-state index contributed by atoms with van der Waals surface area (Å²) in [5, 5.41) is 18.9. The fourth-order valence-electron chi connectivity index (χ4n) is 5.33. The smallest absolute Gasteiger partial charge is 0.181 e. The van der Waals surface area contributed by atoms with E-state index in [9.17, 15) is 0 Å². The number of aromatic nitrogens is 5. The summed E-state index contributed by atoms with van der Waals surface area (Å²) in [4.78, 5) is 7.37. The largest absolute Gasteiger partial charge is 0.497 e. The van der Waals surface area contributed by atoms with Gasteiger partial charge >= 0.3 is 0 Å². The third kappa shape index (κ3) is 4.06. The summed E-state index contributed by atoms with van der Waals surface area (Å²) >= 11 is 0. The number of rotatable bonds is 5. The first-order valence-electron chi connectivity index (χ1n) is 12.3. The van der Waals surface area contributed by atoms with Gasteiger partial charge in [0.15, 0.2) is 5.82 Å². The molecule has 2 aromatic heterocycles. The molecule has 0 bridgehead atoms.